The van der Waals surface area contributed by atoms with Crippen LogP contribution in [0.2, 0.25) is 0 Å². The molecule has 0 N–H and O–H groups in total. The van der Waals surface area contributed by atoms with Gasteiger partial charge >= 0.3 is 0 Å². The molecule has 0 amide bonds. The highest BCUT2D eigenvalue weighted by Crippen LogP contribution is 2.29. The third-order valence-corrected chi connectivity index (χ3v) is 4.83. The van der Waals surface area contributed by atoms with Gasteiger partial charge in [0.2, 0.25) is 0 Å². The molecular formula is C19H14BrFN2S. The molecule has 0 bridgehead atoms. The number of hydrogen-bond acceptors (Lipinski definition) is 2. The van der Waals surface area contributed by atoms with Gasteiger partial charge in [-0.15, -0.1) is 11.3 Å². The van der Waals surface area contributed by atoms with E-state index in [-0.39, 0.29) is 22.8 Å². The Bertz CT molecular complexity index is 933. The Morgan fingerprint density at radius 3 is 2.38 bits per heavy atom. The summed E-state index contributed by atoms with van der Waals surface area (Å²) in [4.78, 5) is 4.66. The van der Waals surface area contributed by atoms with E-state index in [1.54, 1.807) is 17.4 Å². The summed E-state index contributed by atoms with van der Waals surface area (Å²) in [5.74, 6) is -0.171. The second kappa shape index (κ2) is 7.20. The van der Waals surface area contributed by atoms with Crippen LogP contribution in [0.15, 0.2) is 73.1 Å². The minimum Gasteiger partial charge on any atom is -1.00 e. The summed E-state index contributed by atoms with van der Waals surface area (Å²) < 4.78 is 16.9. The largest absolute Gasteiger partial charge is 1.00 e. The number of halogens is 2. The fourth-order valence-corrected chi connectivity index (χ4v) is 3.50. The van der Waals surface area contributed by atoms with Gasteiger partial charge in [-0.3, -0.25) is 0 Å². The Hall–Kier alpha value is -2.11. The number of benzene rings is 2. The topological polar surface area (TPSA) is 16.8 Å². The first-order valence-corrected chi connectivity index (χ1v) is 8.20. The lowest BCUT2D eigenvalue weighted by atomic mass is 10.2. The lowest BCUT2D eigenvalue weighted by molar-refractivity contribution is -0.688. The second-order valence-electron chi connectivity index (χ2n) is 5.34. The SMILES string of the molecule is Fc1ccccc1C[n+]1ccc(-c2nc3ccccc3s2)cc1.[Br-]. The number of thiazole rings is 1. The normalized spacial score (nSPS) is 10.5. The standard InChI is InChI=1S/C19H14FN2S.BrH/c20-16-6-2-1-5-15(16)13-22-11-9-14(10-12-22)19-21-17-7-3-4-8-18(17)23-19;/h1-12H,13H2;1H/q+1;/p-1. The van der Waals surface area contributed by atoms with Gasteiger partial charge in [-0.1, -0.05) is 24.3 Å². The molecule has 24 heavy (non-hydrogen) atoms. The number of rotatable bonds is 3. The molecule has 0 atom stereocenters. The summed E-state index contributed by atoms with van der Waals surface area (Å²) in [6.45, 7) is 0.521. The van der Waals surface area contributed by atoms with Crippen LogP contribution < -0.4 is 21.5 Å². The predicted molar refractivity (Wildman–Crippen MR) is 90.8 cm³/mol. The molecule has 2 heterocycles. The van der Waals surface area contributed by atoms with Crippen molar-refractivity contribution in [3.05, 3.63) is 84.4 Å². The maximum atomic E-state index is 13.7. The number of aromatic nitrogens is 2. The molecule has 0 aliphatic carbocycles. The summed E-state index contributed by atoms with van der Waals surface area (Å²) in [5.41, 5.74) is 2.79. The van der Waals surface area contributed by atoms with Crippen molar-refractivity contribution in [1.29, 1.82) is 0 Å². The fourth-order valence-electron chi connectivity index (χ4n) is 2.52. The fraction of sp³-hybridized carbons (Fsp3) is 0.0526. The molecule has 0 unspecified atom stereocenters. The van der Waals surface area contributed by atoms with Crippen LogP contribution in [0.25, 0.3) is 20.8 Å². The molecule has 0 saturated heterocycles. The van der Waals surface area contributed by atoms with Crippen LogP contribution in [0, 0.1) is 5.82 Å². The van der Waals surface area contributed by atoms with Gasteiger partial charge in [-0.05, 0) is 24.3 Å². The maximum absolute atomic E-state index is 13.7. The quantitative estimate of drug-likeness (QED) is 0.475. The number of para-hydroxylation sites is 1. The second-order valence-corrected chi connectivity index (χ2v) is 6.37. The van der Waals surface area contributed by atoms with Crippen LogP contribution in [-0.2, 0) is 6.54 Å². The molecule has 4 rings (SSSR count). The van der Waals surface area contributed by atoms with Crippen LogP contribution >= 0.6 is 11.3 Å². The van der Waals surface area contributed by atoms with Gasteiger partial charge in [-0.2, -0.15) is 0 Å². The van der Waals surface area contributed by atoms with E-state index in [2.05, 4.69) is 11.1 Å². The average molecular weight is 401 g/mol. The maximum Gasteiger partial charge on any atom is 0.176 e. The first-order valence-electron chi connectivity index (χ1n) is 7.38. The molecule has 0 aliphatic heterocycles. The van der Waals surface area contributed by atoms with Gasteiger partial charge in [0.05, 0.1) is 15.8 Å². The van der Waals surface area contributed by atoms with Crippen molar-refractivity contribution in [2.45, 2.75) is 6.54 Å². The third-order valence-electron chi connectivity index (χ3n) is 3.74. The minimum absolute atomic E-state index is 0. The van der Waals surface area contributed by atoms with E-state index in [1.807, 2.05) is 59.4 Å². The van der Waals surface area contributed by atoms with Gasteiger partial charge in [0.1, 0.15) is 10.8 Å². The van der Waals surface area contributed by atoms with Crippen LogP contribution in [0.3, 0.4) is 0 Å². The lowest BCUT2D eigenvalue weighted by Crippen LogP contribution is -3.00. The van der Waals surface area contributed by atoms with E-state index in [4.69, 9.17) is 0 Å². The zero-order valence-corrected chi connectivity index (χ0v) is 15.1. The highest BCUT2D eigenvalue weighted by atomic mass is 79.9. The van der Waals surface area contributed by atoms with Crippen molar-refractivity contribution < 1.29 is 25.9 Å². The minimum atomic E-state index is -0.171. The van der Waals surface area contributed by atoms with Crippen LogP contribution in [0.5, 0.6) is 0 Å². The van der Waals surface area contributed by atoms with Gasteiger partial charge in [0, 0.05) is 17.7 Å². The first kappa shape index (κ1) is 16.7. The van der Waals surface area contributed by atoms with Gasteiger partial charge in [0.25, 0.3) is 0 Å². The Labute approximate surface area is 154 Å². The van der Waals surface area contributed by atoms with Gasteiger partial charge in [-0.25, -0.2) is 13.9 Å². The average Bonchev–Trinajstić information content (AvgIpc) is 3.02. The molecule has 2 aromatic carbocycles. The molecule has 0 saturated carbocycles. The summed E-state index contributed by atoms with van der Waals surface area (Å²) in [7, 11) is 0. The molecule has 0 spiro atoms. The van der Waals surface area contributed by atoms with Crippen LogP contribution in [0.1, 0.15) is 5.56 Å². The van der Waals surface area contributed by atoms with Crippen molar-refractivity contribution in [3.8, 4) is 10.6 Å². The van der Waals surface area contributed by atoms with Crippen molar-refractivity contribution in [2.24, 2.45) is 0 Å². The summed E-state index contributed by atoms with van der Waals surface area (Å²) in [6, 6.07) is 19.0. The molecule has 5 heteroatoms. The Balaban J connectivity index is 0.00000169. The number of nitrogens with zero attached hydrogens (tertiary/aromatic N) is 2. The van der Waals surface area contributed by atoms with E-state index in [1.165, 1.54) is 10.8 Å². The van der Waals surface area contributed by atoms with E-state index in [9.17, 15) is 4.39 Å². The molecule has 4 aromatic rings. The molecule has 0 fully saturated rings. The van der Waals surface area contributed by atoms with Crippen molar-refractivity contribution >= 4 is 21.6 Å². The van der Waals surface area contributed by atoms with E-state index in [0.717, 1.165) is 16.1 Å². The molecule has 0 aliphatic rings. The Morgan fingerprint density at radius 1 is 0.917 bits per heavy atom. The summed E-state index contributed by atoms with van der Waals surface area (Å²) in [6.07, 6.45) is 3.93. The monoisotopic (exact) mass is 400 g/mol. The van der Waals surface area contributed by atoms with E-state index < -0.39 is 0 Å². The van der Waals surface area contributed by atoms with E-state index >= 15 is 0 Å². The summed E-state index contributed by atoms with van der Waals surface area (Å²) in [5, 5.41) is 1.00. The number of hydrogen-bond donors (Lipinski definition) is 0. The van der Waals surface area contributed by atoms with Crippen molar-refractivity contribution in [1.82, 2.24) is 4.98 Å². The smallest absolute Gasteiger partial charge is 0.176 e. The zero-order chi connectivity index (χ0) is 15.6. The lowest BCUT2D eigenvalue weighted by Gasteiger charge is -2.00. The molecule has 120 valence electrons. The van der Waals surface area contributed by atoms with Crippen LogP contribution in [0.4, 0.5) is 4.39 Å². The van der Waals surface area contributed by atoms with E-state index in [0.29, 0.717) is 12.1 Å². The highest BCUT2D eigenvalue weighted by molar-refractivity contribution is 7.21. The molecule has 0 radical (unpaired) electrons. The number of pyridine rings is 1. The zero-order valence-electron chi connectivity index (χ0n) is 12.7. The van der Waals surface area contributed by atoms with Gasteiger partial charge < -0.3 is 17.0 Å². The Morgan fingerprint density at radius 2 is 1.62 bits per heavy atom. The number of fused-ring (bicyclic) bond motifs is 1. The third kappa shape index (κ3) is 3.37. The highest BCUT2D eigenvalue weighted by Gasteiger charge is 2.10. The predicted octanol–water partition coefficient (Wildman–Crippen LogP) is 1.44. The van der Waals surface area contributed by atoms with Gasteiger partial charge in [0.15, 0.2) is 18.9 Å². The molecule has 2 aromatic heterocycles. The first-order chi connectivity index (χ1) is 11.3. The van der Waals surface area contributed by atoms with Crippen molar-refractivity contribution in [3.63, 3.8) is 0 Å². The van der Waals surface area contributed by atoms with Crippen LogP contribution in [-0.4, -0.2) is 4.98 Å². The summed E-state index contributed by atoms with van der Waals surface area (Å²) >= 11 is 1.68. The Kier molecular flexibility index (Phi) is 5.02. The molecular weight excluding hydrogens is 387 g/mol. The molecule has 2 nitrogen and oxygen atoms in total. The van der Waals surface area contributed by atoms with Crippen molar-refractivity contribution in [2.75, 3.05) is 0 Å².